The maximum atomic E-state index is 11.7. The minimum absolute atomic E-state index is 0.175. The van der Waals surface area contributed by atoms with E-state index < -0.39 is 0 Å². The summed E-state index contributed by atoms with van der Waals surface area (Å²) in [5.41, 5.74) is 3.76. The third-order valence-electron chi connectivity index (χ3n) is 5.50. The number of esters is 1. The van der Waals surface area contributed by atoms with E-state index >= 15 is 0 Å². The van der Waals surface area contributed by atoms with Gasteiger partial charge < -0.3 is 9.47 Å². The maximum absolute atomic E-state index is 11.7. The largest absolute Gasteiger partial charge is 0.459 e. The summed E-state index contributed by atoms with van der Waals surface area (Å²) in [4.78, 5) is 11.7. The highest BCUT2D eigenvalue weighted by molar-refractivity contribution is 5.66. The van der Waals surface area contributed by atoms with Crippen LogP contribution in [0.1, 0.15) is 73.6 Å². The lowest BCUT2D eigenvalue weighted by Gasteiger charge is -2.24. The van der Waals surface area contributed by atoms with Gasteiger partial charge in [-0.25, -0.2) is 0 Å². The van der Waals surface area contributed by atoms with Gasteiger partial charge in [-0.3, -0.25) is 4.79 Å². The van der Waals surface area contributed by atoms with Crippen molar-refractivity contribution in [3.05, 3.63) is 34.9 Å². The molecule has 0 unspecified atom stereocenters. The average molecular weight is 347 g/mol. The number of hydrogen-bond acceptors (Lipinski definition) is 3. The molecule has 3 nitrogen and oxygen atoms in total. The fraction of sp³-hybridized carbons (Fsp3) is 0.682. The van der Waals surface area contributed by atoms with Crippen LogP contribution < -0.4 is 0 Å². The van der Waals surface area contributed by atoms with Crippen LogP contribution in [0.5, 0.6) is 0 Å². The monoisotopic (exact) mass is 346 g/mol. The molecule has 1 fully saturated rings. The van der Waals surface area contributed by atoms with Crippen molar-refractivity contribution >= 4 is 5.97 Å². The second kappa shape index (κ2) is 8.35. The molecular weight excluding hydrogens is 312 g/mol. The fourth-order valence-corrected chi connectivity index (χ4v) is 3.51. The van der Waals surface area contributed by atoms with Gasteiger partial charge in [0.05, 0.1) is 6.10 Å². The van der Waals surface area contributed by atoms with Crippen LogP contribution in [0.3, 0.4) is 0 Å². The van der Waals surface area contributed by atoms with Crippen LogP contribution in [-0.4, -0.2) is 23.8 Å². The fourth-order valence-electron chi connectivity index (χ4n) is 3.51. The summed E-state index contributed by atoms with van der Waals surface area (Å²) >= 11 is 0. The van der Waals surface area contributed by atoms with Crippen molar-refractivity contribution in [3.63, 3.8) is 0 Å². The van der Waals surface area contributed by atoms with Crippen molar-refractivity contribution in [3.8, 4) is 0 Å². The van der Waals surface area contributed by atoms with Crippen molar-refractivity contribution in [1.82, 2.24) is 0 Å². The second-order valence-corrected chi connectivity index (χ2v) is 8.13. The second-order valence-electron chi connectivity index (χ2n) is 8.13. The SMILES string of the molecule is CC(=O)O[C@H]1C/C(C(C)C)=C/C=C(/C)CC/C=C(\C)CC[C@@H]2O[C@@]12C. The number of hydrogen-bond donors (Lipinski definition) is 0. The van der Waals surface area contributed by atoms with E-state index in [0.717, 1.165) is 32.1 Å². The number of carbonyl (C=O) groups excluding carboxylic acids is 1. The molecule has 25 heavy (non-hydrogen) atoms. The molecule has 0 bridgehead atoms. The lowest BCUT2D eigenvalue weighted by atomic mass is 9.87. The van der Waals surface area contributed by atoms with Crippen LogP contribution in [0.2, 0.25) is 0 Å². The van der Waals surface area contributed by atoms with Crippen molar-refractivity contribution in [2.45, 2.75) is 91.5 Å². The van der Waals surface area contributed by atoms with E-state index in [1.54, 1.807) is 0 Å². The molecule has 1 saturated heterocycles. The third kappa shape index (κ3) is 5.57. The summed E-state index contributed by atoms with van der Waals surface area (Å²) in [5.74, 6) is 0.186. The Balaban J connectivity index is 2.30. The quantitative estimate of drug-likeness (QED) is 0.376. The Labute approximate surface area is 153 Å². The first-order chi connectivity index (χ1) is 11.7. The number of ether oxygens (including phenoxy) is 2. The zero-order valence-electron chi connectivity index (χ0n) is 16.7. The van der Waals surface area contributed by atoms with Crippen molar-refractivity contribution in [2.75, 3.05) is 0 Å². The van der Waals surface area contributed by atoms with Gasteiger partial charge in [0, 0.05) is 13.3 Å². The Bertz CT molecular complexity index is 582. The molecule has 3 heteroatoms. The van der Waals surface area contributed by atoms with E-state index in [0.29, 0.717) is 5.92 Å². The molecule has 0 saturated carbocycles. The Kier molecular flexibility index (Phi) is 6.67. The number of allylic oxidation sites excluding steroid dienone is 5. The molecule has 0 aromatic heterocycles. The van der Waals surface area contributed by atoms with Gasteiger partial charge in [-0.2, -0.15) is 0 Å². The Morgan fingerprint density at radius 3 is 2.60 bits per heavy atom. The normalized spacial score (nSPS) is 37.5. The first-order valence-corrected chi connectivity index (χ1v) is 9.59. The van der Waals surface area contributed by atoms with Crippen LogP contribution in [0, 0.1) is 5.92 Å². The van der Waals surface area contributed by atoms with E-state index in [2.05, 4.69) is 52.8 Å². The van der Waals surface area contributed by atoms with Crippen molar-refractivity contribution in [1.29, 1.82) is 0 Å². The standard InChI is InChI=1S/C22H34O3/c1-15(2)19-12-10-16(3)8-7-9-17(4)11-13-20-22(6,25-20)21(14-19)24-18(5)23/h9-10,12,15,20-21H,7-8,11,13-14H2,1-6H3/b16-10-,17-9+,19-12-/t20-,21-,22+/m0/s1. The van der Waals surface area contributed by atoms with Gasteiger partial charge in [0.1, 0.15) is 11.7 Å². The maximum Gasteiger partial charge on any atom is 0.303 e. The summed E-state index contributed by atoms with van der Waals surface area (Å²) in [6, 6.07) is 0. The molecule has 0 radical (unpaired) electrons. The lowest BCUT2D eigenvalue weighted by Crippen LogP contribution is -2.34. The van der Waals surface area contributed by atoms with Crippen LogP contribution in [0.15, 0.2) is 34.9 Å². The molecule has 2 aliphatic rings. The predicted molar refractivity (Wildman–Crippen MR) is 102 cm³/mol. The number of rotatable bonds is 2. The van der Waals surface area contributed by atoms with Gasteiger partial charge in [0.25, 0.3) is 0 Å². The zero-order chi connectivity index (χ0) is 18.6. The molecule has 1 aliphatic carbocycles. The predicted octanol–water partition coefficient (Wildman–Crippen LogP) is 5.51. The van der Waals surface area contributed by atoms with E-state index in [-0.39, 0.29) is 23.8 Å². The first kappa shape index (κ1) is 20.0. The van der Waals surface area contributed by atoms with Crippen molar-refractivity contribution < 1.29 is 14.3 Å². The van der Waals surface area contributed by atoms with Crippen LogP contribution >= 0.6 is 0 Å². The number of fused-ring (bicyclic) bond motifs is 1. The Morgan fingerprint density at radius 1 is 1.24 bits per heavy atom. The Hall–Kier alpha value is -1.35. The van der Waals surface area contributed by atoms with Gasteiger partial charge >= 0.3 is 5.97 Å². The molecule has 0 spiro atoms. The summed E-state index contributed by atoms with van der Waals surface area (Å²) < 4.78 is 11.7. The van der Waals surface area contributed by atoms with Crippen molar-refractivity contribution in [2.24, 2.45) is 5.92 Å². The third-order valence-corrected chi connectivity index (χ3v) is 5.50. The summed E-state index contributed by atoms with van der Waals surface area (Å²) in [6.07, 6.45) is 11.7. The van der Waals surface area contributed by atoms with E-state index in [1.807, 2.05) is 0 Å². The molecule has 0 N–H and O–H groups in total. The van der Waals surface area contributed by atoms with Gasteiger partial charge in [-0.15, -0.1) is 0 Å². The molecule has 2 rings (SSSR count). The number of epoxide rings is 1. The zero-order valence-corrected chi connectivity index (χ0v) is 16.7. The first-order valence-electron chi connectivity index (χ1n) is 9.59. The lowest BCUT2D eigenvalue weighted by molar-refractivity contribution is -0.149. The highest BCUT2D eigenvalue weighted by Crippen LogP contribution is 2.46. The van der Waals surface area contributed by atoms with E-state index in [1.165, 1.54) is 23.6 Å². The van der Waals surface area contributed by atoms with Gasteiger partial charge in [0.15, 0.2) is 0 Å². The van der Waals surface area contributed by atoms with E-state index in [9.17, 15) is 4.79 Å². The number of carbonyl (C=O) groups is 1. The molecule has 0 aromatic rings. The van der Waals surface area contributed by atoms with Crippen LogP contribution in [0.4, 0.5) is 0 Å². The molecule has 1 heterocycles. The van der Waals surface area contributed by atoms with Gasteiger partial charge in [0.2, 0.25) is 0 Å². The molecule has 0 amide bonds. The van der Waals surface area contributed by atoms with E-state index in [4.69, 9.17) is 9.47 Å². The smallest absolute Gasteiger partial charge is 0.303 e. The summed E-state index contributed by atoms with van der Waals surface area (Å²) in [6.45, 7) is 12.4. The molecule has 0 aromatic carbocycles. The van der Waals surface area contributed by atoms with Crippen LogP contribution in [0.25, 0.3) is 0 Å². The minimum Gasteiger partial charge on any atom is -0.459 e. The Morgan fingerprint density at radius 2 is 1.96 bits per heavy atom. The highest BCUT2D eigenvalue weighted by atomic mass is 16.6. The molecule has 140 valence electrons. The van der Waals surface area contributed by atoms with Gasteiger partial charge in [-0.05, 0) is 52.4 Å². The molecule has 3 atom stereocenters. The summed E-state index contributed by atoms with van der Waals surface area (Å²) in [7, 11) is 0. The summed E-state index contributed by atoms with van der Waals surface area (Å²) in [5, 5.41) is 0. The highest BCUT2D eigenvalue weighted by Gasteiger charge is 2.58. The molecular formula is C22H34O3. The van der Waals surface area contributed by atoms with Gasteiger partial charge in [-0.1, -0.05) is 48.8 Å². The molecule has 1 aliphatic heterocycles. The minimum atomic E-state index is -0.358. The topological polar surface area (TPSA) is 38.8 Å². The van der Waals surface area contributed by atoms with Crippen LogP contribution in [-0.2, 0) is 14.3 Å². The average Bonchev–Trinajstić information content (AvgIpc) is 3.18.